The third-order valence-corrected chi connectivity index (χ3v) is 3.73. The second-order valence-electron chi connectivity index (χ2n) is 5.71. The number of nitrogens with one attached hydrogen (secondary N) is 1. The Morgan fingerprint density at radius 1 is 1.36 bits per heavy atom. The summed E-state index contributed by atoms with van der Waals surface area (Å²) in [5.41, 5.74) is 1.89. The predicted octanol–water partition coefficient (Wildman–Crippen LogP) is 1.86. The molecule has 0 bridgehead atoms. The topological polar surface area (TPSA) is 69.3 Å². The molecule has 0 aromatic carbocycles. The van der Waals surface area contributed by atoms with Gasteiger partial charge in [0.05, 0.1) is 19.0 Å². The lowest BCUT2D eigenvalue weighted by atomic mass is 10.3. The zero-order valence-corrected chi connectivity index (χ0v) is 12.4. The van der Waals surface area contributed by atoms with E-state index in [4.69, 9.17) is 4.74 Å². The van der Waals surface area contributed by atoms with Crippen molar-refractivity contribution in [2.24, 2.45) is 13.0 Å². The number of anilines is 1. The molecule has 0 atom stereocenters. The molecule has 1 aliphatic carbocycles. The standard InChI is InChI=1S/C15H18N6O/c1-20-9-12(8-18-20)7-16-14-6-15(22-10-11-2-3-11)19-13-4-5-17-21(13)14/h4-6,8-9,11,16H,2-3,7,10H2,1H3. The number of aryl methyl sites for hydroxylation is 1. The lowest BCUT2D eigenvalue weighted by Gasteiger charge is -2.10. The Morgan fingerprint density at radius 2 is 2.27 bits per heavy atom. The number of nitrogens with zero attached hydrogens (tertiary/aromatic N) is 5. The minimum atomic E-state index is 0.647. The van der Waals surface area contributed by atoms with Crippen LogP contribution in [0.25, 0.3) is 5.65 Å². The molecular formula is C15H18N6O. The highest BCUT2D eigenvalue weighted by molar-refractivity contribution is 5.51. The van der Waals surface area contributed by atoms with Crippen molar-refractivity contribution in [3.8, 4) is 5.88 Å². The van der Waals surface area contributed by atoms with Crippen LogP contribution in [-0.4, -0.2) is 31.0 Å². The molecule has 1 N–H and O–H groups in total. The fraction of sp³-hybridized carbons (Fsp3) is 0.400. The second-order valence-corrected chi connectivity index (χ2v) is 5.71. The van der Waals surface area contributed by atoms with Gasteiger partial charge in [-0.05, 0) is 18.8 Å². The van der Waals surface area contributed by atoms with Gasteiger partial charge < -0.3 is 10.1 Å². The average Bonchev–Trinajstić information content (AvgIpc) is 3.06. The summed E-state index contributed by atoms with van der Waals surface area (Å²) in [7, 11) is 1.91. The molecule has 7 heteroatoms. The Hall–Kier alpha value is -2.57. The average molecular weight is 298 g/mol. The summed E-state index contributed by atoms with van der Waals surface area (Å²) in [5.74, 6) is 2.22. The van der Waals surface area contributed by atoms with Crippen molar-refractivity contribution in [1.29, 1.82) is 0 Å². The van der Waals surface area contributed by atoms with Crippen molar-refractivity contribution in [1.82, 2.24) is 24.4 Å². The summed E-state index contributed by atoms with van der Waals surface area (Å²) < 4.78 is 9.36. The summed E-state index contributed by atoms with van der Waals surface area (Å²) in [6, 6.07) is 3.78. The molecule has 1 aliphatic rings. The van der Waals surface area contributed by atoms with E-state index in [0.717, 1.165) is 23.6 Å². The lowest BCUT2D eigenvalue weighted by molar-refractivity contribution is 0.289. The lowest BCUT2D eigenvalue weighted by Crippen LogP contribution is -2.08. The summed E-state index contributed by atoms with van der Waals surface area (Å²) in [6.45, 7) is 1.42. The number of aromatic nitrogens is 5. The van der Waals surface area contributed by atoms with Gasteiger partial charge in [0, 0.05) is 37.5 Å². The van der Waals surface area contributed by atoms with Gasteiger partial charge in [0.25, 0.3) is 0 Å². The number of rotatable bonds is 6. The van der Waals surface area contributed by atoms with Crippen molar-refractivity contribution < 1.29 is 4.74 Å². The highest BCUT2D eigenvalue weighted by atomic mass is 16.5. The largest absolute Gasteiger partial charge is 0.477 e. The first kappa shape index (κ1) is 13.1. The third kappa shape index (κ3) is 2.74. The fourth-order valence-corrected chi connectivity index (χ4v) is 2.33. The van der Waals surface area contributed by atoms with Crippen molar-refractivity contribution >= 4 is 11.5 Å². The SMILES string of the molecule is Cn1cc(CNc2cc(OCC3CC3)nc3ccnn23)cn1. The Morgan fingerprint density at radius 3 is 3.05 bits per heavy atom. The maximum atomic E-state index is 5.80. The summed E-state index contributed by atoms with van der Waals surface area (Å²) in [6.07, 6.45) is 8.10. The van der Waals surface area contributed by atoms with Gasteiger partial charge in [-0.1, -0.05) is 0 Å². The number of hydrogen-bond donors (Lipinski definition) is 1. The Labute approximate surface area is 127 Å². The monoisotopic (exact) mass is 298 g/mol. The molecule has 3 aromatic rings. The van der Waals surface area contributed by atoms with Crippen LogP contribution < -0.4 is 10.1 Å². The molecule has 3 aromatic heterocycles. The summed E-state index contributed by atoms with van der Waals surface area (Å²) in [4.78, 5) is 4.48. The zero-order valence-electron chi connectivity index (χ0n) is 12.4. The molecule has 0 spiro atoms. The molecule has 1 fully saturated rings. The van der Waals surface area contributed by atoms with Gasteiger partial charge in [0.1, 0.15) is 5.82 Å². The molecule has 3 heterocycles. The van der Waals surface area contributed by atoms with Crippen LogP contribution in [0.3, 0.4) is 0 Å². The van der Waals surface area contributed by atoms with Crippen LogP contribution >= 0.6 is 0 Å². The molecule has 1 saturated carbocycles. The molecule has 114 valence electrons. The van der Waals surface area contributed by atoms with Gasteiger partial charge in [-0.2, -0.15) is 19.7 Å². The van der Waals surface area contributed by atoms with E-state index in [1.807, 2.05) is 31.6 Å². The first-order valence-corrected chi connectivity index (χ1v) is 7.47. The van der Waals surface area contributed by atoms with Gasteiger partial charge >= 0.3 is 0 Å². The van der Waals surface area contributed by atoms with E-state index < -0.39 is 0 Å². The third-order valence-electron chi connectivity index (χ3n) is 3.73. The highest BCUT2D eigenvalue weighted by Gasteiger charge is 2.22. The minimum Gasteiger partial charge on any atom is -0.477 e. The molecule has 0 unspecified atom stereocenters. The number of ether oxygens (including phenoxy) is 1. The van der Waals surface area contributed by atoms with Crippen LogP contribution in [0.5, 0.6) is 5.88 Å². The van der Waals surface area contributed by atoms with Crippen molar-refractivity contribution in [3.63, 3.8) is 0 Å². The Balaban J connectivity index is 1.55. The van der Waals surface area contributed by atoms with Gasteiger partial charge in [-0.15, -0.1) is 0 Å². The molecular weight excluding hydrogens is 280 g/mol. The molecule has 0 radical (unpaired) electrons. The zero-order chi connectivity index (χ0) is 14.9. The maximum Gasteiger partial charge on any atom is 0.219 e. The molecule has 0 amide bonds. The van der Waals surface area contributed by atoms with E-state index in [-0.39, 0.29) is 0 Å². The van der Waals surface area contributed by atoms with Gasteiger partial charge in [-0.25, -0.2) is 0 Å². The van der Waals surface area contributed by atoms with Gasteiger partial charge in [0.2, 0.25) is 5.88 Å². The number of fused-ring (bicyclic) bond motifs is 1. The van der Waals surface area contributed by atoms with Gasteiger partial charge in [0.15, 0.2) is 5.65 Å². The summed E-state index contributed by atoms with van der Waals surface area (Å²) in [5, 5.41) is 11.8. The first-order valence-electron chi connectivity index (χ1n) is 7.47. The van der Waals surface area contributed by atoms with E-state index in [2.05, 4.69) is 20.5 Å². The minimum absolute atomic E-state index is 0.647. The van der Waals surface area contributed by atoms with Crippen LogP contribution in [0, 0.1) is 5.92 Å². The first-order chi connectivity index (χ1) is 10.8. The van der Waals surface area contributed by atoms with Crippen molar-refractivity contribution in [2.75, 3.05) is 11.9 Å². The van der Waals surface area contributed by atoms with E-state index in [9.17, 15) is 0 Å². The van der Waals surface area contributed by atoms with Crippen LogP contribution in [0.4, 0.5) is 5.82 Å². The second kappa shape index (κ2) is 5.32. The quantitative estimate of drug-likeness (QED) is 0.752. The van der Waals surface area contributed by atoms with Crippen LogP contribution in [-0.2, 0) is 13.6 Å². The van der Waals surface area contributed by atoms with E-state index in [1.165, 1.54) is 12.8 Å². The summed E-state index contributed by atoms with van der Waals surface area (Å²) >= 11 is 0. The van der Waals surface area contributed by atoms with E-state index in [1.54, 1.807) is 15.4 Å². The van der Waals surface area contributed by atoms with Crippen molar-refractivity contribution in [3.05, 3.63) is 36.3 Å². The predicted molar refractivity (Wildman–Crippen MR) is 81.7 cm³/mol. The Bertz CT molecular complexity index is 788. The molecule has 0 aliphatic heterocycles. The van der Waals surface area contributed by atoms with Crippen molar-refractivity contribution in [2.45, 2.75) is 19.4 Å². The van der Waals surface area contributed by atoms with Gasteiger partial charge in [-0.3, -0.25) is 4.68 Å². The van der Waals surface area contributed by atoms with Crippen LogP contribution in [0.2, 0.25) is 0 Å². The number of hydrogen-bond acceptors (Lipinski definition) is 5. The smallest absolute Gasteiger partial charge is 0.219 e. The van der Waals surface area contributed by atoms with E-state index in [0.29, 0.717) is 18.3 Å². The molecule has 7 nitrogen and oxygen atoms in total. The van der Waals surface area contributed by atoms with E-state index >= 15 is 0 Å². The van der Waals surface area contributed by atoms with Crippen LogP contribution in [0.1, 0.15) is 18.4 Å². The maximum absolute atomic E-state index is 5.80. The fourth-order valence-electron chi connectivity index (χ4n) is 2.33. The Kier molecular flexibility index (Phi) is 3.17. The molecule has 22 heavy (non-hydrogen) atoms. The highest BCUT2D eigenvalue weighted by Crippen LogP contribution is 2.29. The molecule has 4 rings (SSSR count). The normalized spacial score (nSPS) is 14.4. The molecule has 0 saturated heterocycles. The van der Waals surface area contributed by atoms with Crippen LogP contribution in [0.15, 0.2) is 30.7 Å².